The Hall–Kier alpha value is -4.11. The van der Waals surface area contributed by atoms with Crippen molar-refractivity contribution in [1.29, 1.82) is 0 Å². The van der Waals surface area contributed by atoms with Crippen molar-refractivity contribution in [1.82, 2.24) is 15.0 Å². The Balaban J connectivity index is 1.57. The molecule has 3 nitrogen and oxygen atoms in total. The van der Waals surface area contributed by atoms with Gasteiger partial charge in [-0.3, -0.25) is 9.97 Å². The van der Waals surface area contributed by atoms with Crippen LogP contribution in [0.1, 0.15) is 0 Å². The standard InChI is InChI=1S/C27H19N3/c1-2-9-20(10-3-1)22-11-4-5-12-23(22)21-16-18-29-27(19-21)26-15-8-14-25(30-26)24-13-6-7-17-28-24/h1-19H. The van der Waals surface area contributed by atoms with Crippen molar-refractivity contribution in [3.8, 4) is 45.0 Å². The number of rotatable bonds is 4. The summed E-state index contributed by atoms with van der Waals surface area (Å²) in [5.74, 6) is 0. The molecule has 0 N–H and O–H groups in total. The van der Waals surface area contributed by atoms with E-state index >= 15 is 0 Å². The number of pyridine rings is 3. The summed E-state index contributed by atoms with van der Waals surface area (Å²) in [6.07, 6.45) is 3.63. The molecule has 3 heterocycles. The summed E-state index contributed by atoms with van der Waals surface area (Å²) in [5.41, 5.74) is 8.05. The average Bonchev–Trinajstić information content (AvgIpc) is 2.85. The Kier molecular flexibility index (Phi) is 4.84. The second-order valence-electron chi connectivity index (χ2n) is 6.96. The summed E-state index contributed by atoms with van der Waals surface area (Å²) in [7, 11) is 0. The zero-order valence-electron chi connectivity index (χ0n) is 16.3. The number of nitrogens with zero attached hydrogens (tertiary/aromatic N) is 3. The number of hydrogen-bond donors (Lipinski definition) is 0. The van der Waals surface area contributed by atoms with Gasteiger partial charge in [0.05, 0.1) is 22.8 Å². The van der Waals surface area contributed by atoms with Crippen LogP contribution in [-0.4, -0.2) is 15.0 Å². The predicted molar refractivity (Wildman–Crippen MR) is 122 cm³/mol. The zero-order valence-corrected chi connectivity index (χ0v) is 16.3. The van der Waals surface area contributed by atoms with Gasteiger partial charge in [0.25, 0.3) is 0 Å². The molecular weight excluding hydrogens is 366 g/mol. The minimum absolute atomic E-state index is 0.831. The molecule has 0 radical (unpaired) electrons. The van der Waals surface area contributed by atoms with Crippen LogP contribution in [0.2, 0.25) is 0 Å². The van der Waals surface area contributed by atoms with Gasteiger partial charge < -0.3 is 0 Å². The van der Waals surface area contributed by atoms with Gasteiger partial charge in [0.1, 0.15) is 0 Å². The second-order valence-corrected chi connectivity index (χ2v) is 6.96. The van der Waals surface area contributed by atoms with Crippen molar-refractivity contribution in [2.45, 2.75) is 0 Å². The highest BCUT2D eigenvalue weighted by Crippen LogP contribution is 2.33. The van der Waals surface area contributed by atoms with Crippen LogP contribution in [0.25, 0.3) is 45.0 Å². The molecule has 142 valence electrons. The van der Waals surface area contributed by atoms with E-state index in [1.54, 1.807) is 6.20 Å². The highest BCUT2D eigenvalue weighted by molar-refractivity contribution is 5.84. The largest absolute Gasteiger partial charge is 0.255 e. The summed E-state index contributed by atoms with van der Waals surface area (Å²) >= 11 is 0. The van der Waals surface area contributed by atoms with Crippen molar-refractivity contribution < 1.29 is 0 Å². The van der Waals surface area contributed by atoms with E-state index in [0.717, 1.165) is 28.3 Å². The molecule has 3 heteroatoms. The van der Waals surface area contributed by atoms with Crippen LogP contribution in [0.15, 0.2) is 116 Å². The van der Waals surface area contributed by atoms with Gasteiger partial charge in [-0.15, -0.1) is 0 Å². The lowest BCUT2D eigenvalue weighted by atomic mass is 9.94. The van der Waals surface area contributed by atoms with Gasteiger partial charge in [0.15, 0.2) is 0 Å². The Labute approximate surface area is 175 Å². The molecule has 5 rings (SSSR count). The fourth-order valence-corrected chi connectivity index (χ4v) is 3.58. The molecule has 0 amide bonds. The maximum Gasteiger partial charge on any atom is 0.0894 e. The molecule has 30 heavy (non-hydrogen) atoms. The summed E-state index contributed by atoms with van der Waals surface area (Å²) in [5, 5.41) is 0. The normalized spacial score (nSPS) is 10.7. The molecule has 2 aromatic carbocycles. The first-order chi connectivity index (χ1) is 14.9. The molecular formula is C27H19N3. The third-order valence-corrected chi connectivity index (χ3v) is 5.02. The molecule has 0 saturated heterocycles. The second kappa shape index (κ2) is 8.10. The van der Waals surface area contributed by atoms with E-state index in [-0.39, 0.29) is 0 Å². The van der Waals surface area contributed by atoms with Crippen LogP contribution in [-0.2, 0) is 0 Å². The van der Waals surface area contributed by atoms with Gasteiger partial charge >= 0.3 is 0 Å². The van der Waals surface area contributed by atoms with Gasteiger partial charge in [0, 0.05) is 12.4 Å². The third kappa shape index (κ3) is 3.61. The average molecular weight is 385 g/mol. The predicted octanol–water partition coefficient (Wildman–Crippen LogP) is 6.54. The van der Waals surface area contributed by atoms with E-state index < -0.39 is 0 Å². The Morgan fingerprint density at radius 3 is 1.80 bits per heavy atom. The van der Waals surface area contributed by atoms with Crippen molar-refractivity contribution in [2.75, 3.05) is 0 Å². The topological polar surface area (TPSA) is 38.7 Å². The lowest BCUT2D eigenvalue weighted by Gasteiger charge is -2.11. The van der Waals surface area contributed by atoms with E-state index in [9.17, 15) is 0 Å². The molecule has 0 aliphatic rings. The summed E-state index contributed by atoms with van der Waals surface area (Å²) < 4.78 is 0. The minimum atomic E-state index is 0.831. The number of benzene rings is 2. The van der Waals surface area contributed by atoms with Crippen LogP contribution < -0.4 is 0 Å². The molecule has 3 aromatic heterocycles. The van der Waals surface area contributed by atoms with E-state index in [0.29, 0.717) is 0 Å². The van der Waals surface area contributed by atoms with E-state index in [4.69, 9.17) is 4.98 Å². The first kappa shape index (κ1) is 18.0. The molecule has 0 aliphatic carbocycles. The highest BCUT2D eigenvalue weighted by Gasteiger charge is 2.10. The molecule has 5 aromatic rings. The van der Waals surface area contributed by atoms with Gasteiger partial charge in [-0.05, 0) is 58.7 Å². The van der Waals surface area contributed by atoms with Crippen molar-refractivity contribution >= 4 is 0 Å². The summed E-state index contributed by atoms with van der Waals surface area (Å²) in [6, 6.07) is 34.9. The maximum atomic E-state index is 4.80. The zero-order chi connectivity index (χ0) is 20.2. The fourth-order valence-electron chi connectivity index (χ4n) is 3.58. The first-order valence-electron chi connectivity index (χ1n) is 9.88. The fraction of sp³-hybridized carbons (Fsp3) is 0. The lowest BCUT2D eigenvalue weighted by Crippen LogP contribution is -1.92. The highest BCUT2D eigenvalue weighted by atomic mass is 14.8. The monoisotopic (exact) mass is 385 g/mol. The molecule has 0 spiro atoms. The molecule has 0 fully saturated rings. The van der Waals surface area contributed by atoms with Gasteiger partial charge in [-0.2, -0.15) is 0 Å². The smallest absolute Gasteiger partial charge is 0.0894 e. The Morgan fingerprint density at radius 1 is 0.400 bits per heavy atom. The van der Waals surface area contributed by atoms with Crippen LogP contribution in [0.5, 0.6) is 0 Å². The Morgan fingerprint density at radius 2 is 1.03 bits per heavy atom. The van der Waals surface area contributed by atoms with E-state index in [1.165, 1.54) is 16.7 Å². The van der Waals surface area contributed by atoms with Crippen molar-refractivity contribution in [3.63, 3.8) is 0 Å². The minimum Gasteiger partial charge on any atom is -0.255 e. The lowest BCUT2D eigenvalue weighted by molar-refractivity contribution is 1.22. The molecule has 0 aliphatic heterocycles. The quantitative estimate of drug-likeness (QED) is 0.352. The van der Waals surface area contributed by atoms with Crippen LogP contribution in [0.3, 0.4) is 0 Å². The van der Waals surface area contributed by atoms with Crippen LogP contribution in [0.4, 0.5) is 0 Å². The number of aromatic nitrogens is 3. The van der Waals surface area contributed by atoms with Crippen LogP contribution >= 0.6 is 0 Å². The van der Waals surface area contributed by atoms with Crippen molar-refractivity contribution in [2.24, 2.45) is 0 Å². The third-order valence-electron chi connectivity index (χ3n) is 5.02. The van der Waals surface area contributed by atoms with Crippen LogP contribution in [0, 0.1) is 0 Å². The van der Waals surface area contributed by atoms with Gasteiger partial charge in [-0.25, -0.2) is 4.98 Å². The summed E-state index contributed by atoms with van der Waals surface area (Å²) in [4.78, 5) is 13.8. The van der Waals surface area contributed by atoms with Crippen molar-refractivity contribution in [3.05, 3.63) is 116 Å². The molecule has 0 bridgehead atoms. The first-order valence-corrected chi connectivity index (χ1v) is 9.88. The summed E-state index contributed by atoms with van der Waals surface area (Å²) in [6.45, 7) is 0. The molecule has 0 unspecified atom stereocenters. The molecule has 0 saturated carbocycles. The maximum absolute atomic E-state index is 4.80. The SMILES string of the molecule is c1ccc(-c2ccccc2-c2ccnc(-c3cccc(-c4ccccn4)n3)c2)cc1. The van der Waals surface area contributed by atoms with E-state index in [1.807, 2.05) is 54.7 Å². The Bertz CT molecular complexity index is 1280. The van der Waals surface area contributed by atoms with E-state index in [2.05, 4.69) is 64.6 Å². The van der Waals surface area contributed by atoms with Gasteiger partial charge in [-0.1, -0.05) is 66.7 Å². The molecule has 0 atom stereocenters. The van der Waals surface area contributed by atoms with Gasteiger partial charge in [0.2, 0.25) is 0 Å². The number of hydrogen-bond acceptors (Lipinski definition) is 3.